The molecule has 0 aliphatic carbocycles. The Bertz CT molecular complexity index is 302. The maximum atomic E-state index is 11.7. The lowest BCUT2D eigenvalue weighted by Gasteiger charge is -2.21. The zero-order valence-electron chi connectivity index (χ0n) is 8.77. The molecule has 1 heterocycles. The maximum absolute atomic E-state index is 11.7. The van der Waals surface area contributed by atoms with E-state index in [1.165, 1.54) is 7.11 Å². The molecule has 0 spiro atoms. The van der Waals surface area contributed by atoms with Crippen LogP contribution in [0, 0.1) is 0 Å². The Morgan fingerprint density at radius 2 is 2.00 bits per heavy atom. The van der Waals surface area contributed by atoms with Gasteiger partial charge in [-0.2, -0.15) is 0 Å². The summed E-state index contributed by atoms with van der Waals surface area (Å²) in [6, 6.07) is 0. The van der Waals surface area contributed by atoms with Crippen molar-refractivity contribution in [3.63, 3.8) is 0 Å². The van der Waals surface area contributed by atoms with Crippen molar-refractivity contribution >= 4 is 15.6 Å². The second-order valence-corrected chi connectivity index (χ2v) is 5.87. The highest BCUT2D eigenvalue weighted by molar-refractivity contribution is 7.92. The first-order valence-electron chi connectivity index (χ1n) is 4.86. The molecule has 1 aliphatic rings. The average Bonchev–Trinajstić information content (AvgIpc) is 2.18. The molecule has 0 aromatic rings. The summed E-state index contributed by atoms with van der Waals surface area (Å²) in [6.07, 6.45) is 0.977. The molecule has 0 atom stereocenters. The van der Waals surface area contributed by atoms with Crippen molar-refractivity contribution in [2.24, 2.45) is 0 Å². The molecule has 1 saturated heterocycles. The number of methoxy groups -OCH3 is 1. The Labute approximate surface area is 89.7 Å². The zero-order chi connectivity index (χ0) is 11.3. The molecule has 0 amide bonds. The monoisotopic (exact) mass is 236 g/mol. The molecule has 0 unspecified atom stereocenters. The van der Waals surface area contributed by atoms with E-state index in [1.807, 2.05) is 0 Å². The van der Waals surface area contributed by atoms with Crippen LogP contribution in [0.1, 0.15) is 12.8 Å². The fraction of sp³-hybridized carbons (Fsp3) is 0.889. The Kier molecular flexibility index (Phi) is 4.69. The van der Waals surface area contributed by atoms with Crippen molar-refractivity contribution in [1.29, 1.82) is 0 Å². The van der Waals surface area contributed by atoms with Crippen molar-refractivity contribution in [2.75, 3.05) is 32.7 Å². The van der Waals surface area contributed by atoms with Crippen LogP contribution in [0.5, 0.6) is 0 Å². The molecule has 0 saturated carbocycles. The fourth-order valence-corrected chi connectivity index (χ4v) is 3.26. The molecule has 0 N–H and O–H groups in total. The minimum absolute atomic E-state index is 0.136. The van der Waals surface area contributed by atoms with E-state index in [-0.39, 0.29) is 12.4 Å². The number of ether oxygens (including phenoxy) is 2. The van der Waals surface area contributed by atoms with Crippen LogP contribution in [0.2, 0.25) is 0 Å². The summed E-state index contributed by atoms with van der Waals surface area (Å²) in [6.45, 7) is 0.785. The van der Waals surface area contributed by atoms with Crippen LogP contribution in [-0.4, -0.2) is 52.1 Å². The molecule has 15 heavy (non-hydrogen) atoms. The largest absolute Gasteiger partial charge is 0.381 e. The third-order valence-corrected chi connectivity index (χ3v) is 4.56. The number of carbonyl (C=O) groups excluding carboxylic acids is 1. The molecule has 0 radical (unpaired) electrons. The van der Waals surface area contributed by atoms with Crippen LogP contribution in [0.15, 0.2) is 0 Å². The molecule has 6 heteroatoms. The molecular formula is C9H16O5S. The van der Waals surface area contributed by atoms with Gasteiger partial charge in [0, 0.05) is 20.3 Å². The van der Waals surface area contributed by atoms with E-state index in [1.54, 1.807) is 0 Å². The van der Waals surface area contributed by atoms with E-state index in [0.29, 0.717) is 26.1 Å². The van der Waals surface area contributed by atoms with E-state index in [4.69, 9.17) is 4.74 Å². The smallest absolute Gasteiger partial charge is 0.173 e. The second kappa shape index (κ2) is 5.58. The van der Waals surface area contributed by atoms with Gasteiger partial charge in [0.1, 0.15) is 12.4 Å². The summed E-state index contributed by atoms with van der Waals surface area (Å²) in [5.74, 6) is -0.796. The van der Waals surface area contributed by atoms with Gasteiger partial charge in [0.2, 0.25) is 0 Å². The Hall–Kier alpha value is -0.460. The van der Waals surface area contributed by atoms with Gasteiger partial charge in [0.25, 0.3) is 0 Å². The molecule has 1 fully saturated rings. The average molecular weight is 236 g/mol. The highest BCUT2D eigenvalue weighted by Crippen LogP contribution is 2.16. The van der Waals surface area contributed by atoms with Crippen LogP contribution < -0.4 is 0 Å². The van der Waals surface area contributed by atoms with E-state index >= 15 is 0 Å². The van der Waals surface area contributed by atoms with Gasteiger partial charge in [-0.05, 0) is 12.8 Å². The van der Waals surface area contributed by atoms with E-state index in [0.717, 1.165) is 0 Å². The van der Waals surface area contributed by atoms with Crippen LogP contribution in [-0.2, 0) is 24.1 Å². The molecule has 1 aliphatic heterocycles. The molecule has 5 nitrogen and oxygen atoms in total. The van der Waals surface area contributed by atoms with Crippen molar-refractivity contribution in [3.05, 3.63) is 0 Å². The summed E-state index contributed by atoms with van der Waals surface area (Å²) < 4.78 is 33.1. The van der Waals surface area contributed by atoms with Crippen molar-refractivity contribution in [2.45, 2.75) is 18.1 Å². The number of hydrogen-bond donors (Lipinski definition) is 0. The van der Waals surface area contributed by atoms with Crippen molar-refractivity contribution < 1.29 is 22.7 Å². The lowest BCUT2D eigenvalue weighted by atomic mass is 10.2. The molecule has 88 valence electrons. The summed E-state index contributed by atoms with van der Waals surface area (Å²) in [5.41, 5.74) is 0. The molecular weight excluding hydrogens is 220 g/mol. The third-order valence-electron chi connectivity index (χ3n) is 2.34. The number of carbonyl (C=O) groups is 1. The number of sulfone groups is 1. The van der Waals surface area contributed by atoms with Crippen molar-refractivity contribution in [3.8, 4) is 0 Å². The summed E-state index contributed by atoms with van der Waals surface area (Å²) in [4.78, 5) is 11.2. The van der Waals surface area contributed by atoms with E-state index in [2.05, 4.69) is 4.74 Å². The van der Waals surface area contributed by atoms with Crippen LogP contribution in [0.4, 0.5) is 0 Å². The quantitative estimate of drug-likeness (QED) is 0.661. The molecule has 0 bridgehead atoms. The van der Waals surface area contributed by atoms with Gasteiger partial charge in [-0.15, -0.1) is 0 Å². The first-order chi connectivity index (χ1) is 7.06. The standard InChI is InChI=1S/C9H16O5S/c1-13-6-8(10)7-15(11,12)9-2-4-14-5-3-9/h9H,2-7H2,1H3. The van der Waals surface area contributed by atoms with Gasteiger partial charge in [0.15, 0.2) is 15.6 Å². The maximum Gasteiger partial charge on any atom is 0.173 e. The first-order valence-corrected chi connectivity index (χ1v) is 6.58. The highest BCUT2D eigenvalue weighted by atomic mass is 32.2. The topological polar surface area (TPSA) is 69.7 Å². The summed E-state index contributed by atoms with van der Waals surface area (Å²) in [7, 11) is -1.94. The van der Waals surface area contributed by atoms with Crippen LogP contribution in [0.3, 0.4) is 0 Å². The number of rotatable bonds is 5. The lowest BCUT2D eigenvalue weighted by molar-refractivity contribution is -0.120. The number of Topliss-reactive ketones (excluding diaryl/α,β-unsaturated/α-hetero) is 1. The Balaban J connectivity index is 2.53. The van der Waals surface area contributed by atoms with E-state index < -0.39 is 20.8 Å². The second-order valence-electron chi connectivity index (χ2n) is 3.59. The van der Waals surface area contributed by atoms with Gasteiger partial charge >= 0.3 is 0 Å². The first kappa shape index (κ1) is 12.6. The zero-order valence-corrected chi connectivity index (χ0v) is 9.59. The highest BCUT2D eigenvalue weighted by Gasteiger charge is 2.29. The molecule has 0 aromatic heterocycles. The minimum atomic E-state index is -3.31. The lowest BCUT2D eigenvalue weighted by Crippen LogP contribution is -2.33. The van der Waals surface area contributed by atoms with Crippen LogP contribution >= 0.6 is 0 Å². The van der Waals surface area contributed by atoms with Gasteiger partial charge < -0.3 is 9.47 Å². The Morgan fingerprint density at radius 3 is 2.53 bits per heavy atom. The van der Waals surface area contributed by atoms with Gasteiger partial charge in [-0.3, -0.25) is 4.79 Å². The predicted octanol–water partition coefficient (Wildman–Crippen LogP) is -0.204. The van der Waals surface area contributed by atoms with Gasteiger partial charge in [-0.25, -0.2) is 8.42 Å². The number of ketones is 1. The third kappa shape index (κ3) is 3.89. The minimum Gasteiger partial charge on any atom is -0.381 e. The van der Waals surface area contributed by atoms with Gasteiger partial charge in [-0.1, -0.05) is 0 Å². The predicted molar refractivity (Wildman–Crippen MR) is 54.5 cm³/mol. The Morgan fingerprint density at radius 1 is 1.40 bits per heavy atom. The van der Waals surface area contributed by atoms with Gasteiger partial charge in [0.05, 0.1) is 5.25 Å². The summed E-state index contributed by atoms with van der Waals surface area (Å²) in [5, 5.41) is -0.424. The van der Waals surface area contributed by atoms with Crippen molar-refractivity contribution in [1.82, 2.24) is 0 Å². The summed E-state index contributed by atoms with van der Waals surface area (Å²) >= 11 is 0. The number of hydrogen-bond acceptors (Lipinski definition) is 5. The molecule has 0 aromatic carbocycles. The fourth-order valence-electron chi connectivity index (χ4n) is 1.58. The SMILES string of the molecule is COCC(=O)CS(=O)(=O)C1CCOCC1. The van der Waals surface area contributed by atoms with Crippen LogP contribution in [0.25, 0.3) is 0 Å². The molecule has 1 rings (SSSR count). The van der Waals surface area contributed by atoms with E-state index in [9.17, 15) is 13.2 Å². The normalized spacial score (nSPS) is 19.0.